The zero-order valence-electron chi connectivity index (χ0n) is 8.09. The molecule has 0 saturated heterocycles. The second kappa shape index (κ2) is 4.06. The highest BCUT2D eigenvalue weighted by atomic mass is 16.3. The molecule has 76 valence electrons. The van der Waals surface area contributed by atoms with Gasteiger partial charge in [0.1, 0.15) is 0 Å². The zero-order valence-corrected chi connectivity index (χ0v) is 8.09. The second-order valence-corrected chi connectivity index (χ2v) is 3.15. The molecule has 0 atom stereocenters. The molecule has 0 radical (unpaired) electrons. The minimum Gasteiger partial charge on any atom is -0.399 e. The molecule has 0 unspecified atom stereocenters. The first-order chi connectivity index (χ1) is 7.29. The van der Waals surface area contributed by atoms with E-state index in [1.165, 1.54) is 0 Å². The topological polar surface area (TPSA) is 72.0 Å². The predicted molar refractivity (Wildman–Crippen MR) is 57.8 cm³/mol. The number of nitrogens with two attached hydrogens (primary N) is 1. The highest BCUT2D eigenvalue weighted by molar-refractivity contribution is 5.59. The van der Waals surface area contributed by atoms with Gasteiger partial charge in [-0.05, 0) is 24.3 Å². The Morgan fingerprint density at radius 2 is 2.07 bits per heavy atom. The van der Waals surface area contributed by atoms with Gasteiger partial charge in [-0.1, -0.05) is 6.07 Å². The highest BCUT2D eigenvalue weighted by Crippen LogP contribution is 2.16. The Balaban J connectivity index is 2.44. The smallest absolute Gasteiger partial charge is 0.0906 e. The summed E-state index contributed by atoms with van der Waals surface area (Å²) in [6.07, 6.45) is 1.64. The quantitative estimate of drug-likeness (QED) is 0.766. The molecular weight excluding hydrogens is 190 g/mol. The summed E-state index contributed by atoms with van der Waals surface area (Å²) in [6, 6.07) is 8.90. The maximum atomic E-state index is 8.96. The lowest BCUT2D eigenvalue weighted by Crippen LogP contribution is -1.94. The van der Waals surface area contributed by atoms with Crippen LogP contribution in [-0.2, 0) is 6.61 Å². The lowest BCUT2D eigenvalue weighted by Gasteiger charge is -2.02. The Hall–Kier alpha value is -1.94. The summed E-state index contributed by atoms with van der Waals surface area (Å²) in [5.74, 6) is 0. The minimum atomic E-state index is -0.0733. The van der Waals surface area contributed by atoms with Crippen LogP contribution in [0.15, 0.2) is 36.5 Å². The van der Waals surface area contributed by atoms with Crippen molar-refractivity contribution in [3.05, 3.63) is 42.2 Å². The standard InChI is InChI=1S/C11H11N3O/c12-8-4-5-13-11(6-8)10-3-1-2-9(7-15)14-10/h1-6,15H,7H2,(H2,12,13). The van der Waals surface area contributed by atoms with Gasteiger partial charge in [-0.2, -0.15) is 0 Å². The molecule has 2 heterocycles. The number of hydrogen-bond acceptors (Lipinski definition) is 4. The second-order valence-electron chi connectivity index (χ2n) is 3.15. The molecule has 0 aliphatic heterocycles. The number of anilines is 1. The van der Waals surface area contributed by atoms with Crippen molar-refractivity contribution in [2.24, 2.45) is 0 Å². The SMILES string of the molecule is Nc1ccnc(-c2cccc(CO)n2)c1. The summed E-state index contributed by atoms with van der Waals surface area (Å²) in [5, 5.41) is 8.96. The average Bonchev–Trinajstić information content (AvgIpc) is 2.29. The largest absolute Gasteiger partial charge is 0.399 e. The number of aliphatic hydroxyl groups is 1. The van der Waals surface area contributed by atoms with Crippen molar-refractivity contribution < 1.29 is 5.11 Å². The summed E-state index contributed by atoms with van der Waals surface area (Å²) < 4.78 is 0. The first kappa shape index (κ1) is 9.61. The number of pyridine rings is 2. The van der Waals surface area contributed by atoms with Gasteiger partial charge in [0.15, 0.2) is 0 Å². The van der Waals surface area contributed by atoms with Crippen LogP contribution < -0.4 is 5.73 Å². The molecule has 0 bridgehead atoms. The van der Waals surface area contributed by atoms with Gasteiger partial charge in [0.25, 0.3) is 0 Å². The molecule has 2 aromatic heterocycles. The van der Waals surface area contributed by atoms with Gasteiger partial charge in [0, 0.05) is 11.9 Å². The summed E-state index contributed by atoms with van der Waals surface area (Å²) in [6.45, 7) is -0.0733. The van der Waals surface area contributed by atoms with Crippen LogP contribution in [-0.4, -0.2) is 15.1 Å². The van der Waals surface area contributed by atoms with E-state index in [4.69, 9.17) is 10.8 Å². The maximum Gasteiger partial charge on any atom is 0.0906 e. The van der Waals surface area contributed by atoms with Gasteiger partial charge in [-0.15, -0.1) is 0 Å². The third-order valence-electron chi connectivity index (χ3n) is 2.02. The first-order valence-corrected chi connectivity index (χ1v) is 4.58. The summed E-state index contributed by atoms with van der Waals surface area (Å²) >= 11 is 0. The number of nitrogens with zero attached hydrogens (tertiary/aromatic N) is 2. The number of hydrogen-bond donors (Lipinski definition) is 2. The number of aromatic nitrogens is 2. The van der Waals surface area contributed by atoms with Crippen LogP contribution >= 0.6 is 0 Å². The maximum absolute atomic E-state index is 8.96. The number of nitrogen functional groups attached to an aromatic ring is 1. The molecule has 2 aromatic rings. The molecule has 0 aliphatic carbocycles. The van der Waals surface area contributed by atoms with E-state index in [2.05, 4.69) is 9.97 Å². The number of aliphatic hydroxyl groups excluding tert-OH is 1. The zero-order chi connectivity index (χ0) is 10.7. The third-order valence-corrected chi connectivity index (χ3v) is 2.02. The van der Waals surface area contributed by atoms with Crippen molar-refractivity contribution in [3.63, 3.8) is 0 Å². The van der Waals surface area contributed by atoms with Crippen LogP contribution in [0.5, 0.6) is 0 Å². The van der Waals surface area contributed by atoms with Gasteiger partial charge in [-0.25, -0.2) is 4.98 Å². The van der Waals surface area contributed by atoms with Crippen molar-refractivity contribution in [1.82, 2.24) is 9.97 Å². The Labute approximate surface area is 87.4 Å². The summed E-state index contributed by atoms with van der Waals surface area (Å²) in [4.78, 5) is 8.40. The molecule has 0 spiro atoms. The van der Waals surface area contributed by atoms with Crippen LogP contribution in [0.1, 0.15) is 5.69 Å². The molecule has 2 rings (SSSR count). The van der Waals surface area contributed by atoms with E-state index < -0.39 is 0 Å². The first-order valence-electron chi connectivity index (χ1n) is 4.58. The van der Waals surface area contributed by atoms with E-state index in [1.807, 2.05) is 12.1 Å². The van der Waals surface area contributed by atoms with Gasteiger partial charge >= 0.3 is 0 Å². The van der Waals surface area contributed by atoms with Crippen LogP contribution in [0.4, 0.5) is 5.69 Å². The van der Waals surface area contributed by atoms with E-state index in [-0.39, 0.29) is 6.61 Å². The normalized spacial score (nSPS) is 10.2. The Kier molecular flexibility index (Phi) is 2.60. The Bertz CT molecular complexity index is 471. The van der Waals surface area contributed by atoms with Gasteiger partial charge in [0.05, 0.1) is 23.7 Å². The molecule has 0 fully saturated rings. The lowest BCUT2D eigenvalue weighted by molar-refractivity contribution is 0.277. The fourth-order valence-electron chi connectivity index (χ4n) is 1.30. The van der Waals surface area contributed by atoms with Crippen molar-refractivity contribution in [1.29, 1.82) is 0 Å². The van der Waals surface area contributed by atoms with Crippen molar-refractivity contribution >= 4 is 5.69 Å². The Morgan fingerprint density at radius 3 is 2.80 bits per heavy atom. The fourth-order valence-corrected chi connectivity index (χ4v) is 1.30. The molecule has 4 heteroatoms. The molecular formula is C11H11N3O. The molecule has 0 aliphatic rings. The van der Waals surface area contributed by atoms with E-state index in [0.717, 1.165) is 0 Å². The fraction of sp³-hybridized carbons (Fsp3) is 0.0909. The van der Waals surface area contributed by atoms with Gasteiger partial charge in [0.2, 0.25) is 0 Å². The van der Waals surface area contributed by atoms with Crippen LogP contribution in [0, 0.1) is 0 Å². The minimum absolute atomic E-state index is 0.0733. The molecule has 3 N–H and O–H groups in total. The summed E-state index contributed by atoms with van der Waals surface area (Å²) in [7, 11) is 0. The van der Waals surface area contributed by atoms with Crippen LogP contribution in [0.3, 0.4) is 0 Å². The molecule has 4 nitrogen and oxygen atoms in total. The van der Waals surface area contributed by atoms with Crippen LogP contribution in [0.25, 0.3) is 11.4 Å². The van der Waals surface area contributed by atoms with Crippen molar-refractivity contribution in [2.45, 2.75) is 6.61 Å². The molecule has 0 saturated carbocycles. The summed E-state index contributed by atoms with van der Waals surface area (Å²) in [5.41, 5.74) is 8.35. The van der Waals surface area contributed by atoms with Crippen LogP contribution in [0.2, 0.25) is 0 Å². The van der Waals surface area contributed by atoms with E-state index in [0.29, 0.717) is 22.8 Å². The van der Waals surface area contributed by atoms with Crippen molar-refractivity contribution in [3.8, 4) is 11.4 Å². The van der Waals surface area contributed by atoms with Gasteiger partial charge in [-0.3, -0.25) is 4.98 Å². The molecule has 15 heavy (non-hydrogen) atoms. The molecule has 0 aromatic carbocycles. The van der Waals surface area contributed by atoms with Crippen molar-refractivity contribution in [2.75, 3.05) is 5.73 Å². The Morgan fingerprint density at radius 1 is 1.20 bits per heavy atom. The van der Waals surface area contributed by atoms with E-state index >= 15 is 0 Å². The molecule has 0 amide bonds. The monoisotopic (exact) mass is 201 g/mol. The predicted octanol–water partition coefficient (Wildman–Crippen LogP) is 1.22. The number of rotatable bonds is 2. The average molecular weight is 201 g/mol. The van der Waals surface area contributed by atoms with E-state index in [1.54, 1.807) is 24.4 Å². The lowest BCUT2D eigenvalue weighted by atomic mass is 10.2. The highest BCUT2D eigenvalue weighted by Gasteiger charge is 2.01. The van der Waals surface area contributed by atoms with Gasteiger partial charge < -0.3 is 10.8 Å². The van der Waals surface area contributed by atoms with E-state index in [9.17, 15) is 0 Å². The third kappa shape index (κ3) is 2.11.